The third-order valence-corrected chi connectivity index (χ3v) is 4.00. The van der Waals surface area contributed by atoms with Crippen molar-refractivity contribution in [2.45, 2.75) is 25.8 Å². The van der Waals surface area contributed by atoms with Crippen LogP contribution in [0.5, 0.6) is 0 Å². The van der Waals surface area contributed by atoms with Crippen molar-refractivity contribution in [1.29, 1.82) is 0 Å². The van der Waals surface area contributed by atoms with E-state index in [0.29, 0.717) is 0 Å². The maximum absolute atomic E-state index is 5.76. The van der Waals surface area contributed by atoms with Crippen LogP contribution in [0.3, 0.4) is 0 Å². The normalized spacial score (nSPS) is 11.7. The largest absolute Gasteiger partial charge is 0.399 e. The van der Waals surface area contributed by atoms with Crippen LogP contribution in [-0.4, -0.2) is 11.5 Å². The van der Waals surface area contributed by atoms with Gasteiger partial charge in [0.25, 0.3) is 0 Å². The third-order valence-electron chi connectivity index (χ3n) is 2.90. The van der Waals surface area contributed by atoms with Gasteiger partial charge in [0, 0.05) is 23.8 Å². The van der Waals surface area contributed by atoms with Gasteiger partial charge in [0.1, 0.15) is 5.01 Å². The first kappa shape index (κ1) is 13.1. The molecule has 0 saturated heterocycles. The topological polar surface area (TPSA) is 50.9 Å². The van der Waals surface area contributed by atoms with Crippen LogP contribution >= 0.6 is 11.3 Å². The van der Waals surface area contributed by atoms with Crippen LogP contribution in [0.4, 0.5) is 5.69 Å². The molecule has 2 aromatic rings. The fourth-order valence-corrected chi connectivity index (χ4v) is 2.61. The van der Waals surface area contributed by atoms with Crippen molar-refractivity contribution in [3.63, 3.8) is 0 Å². The standard InChI is InChI=1S/C14H19N3S/c1-14(2,13-16-8-9-18-13)17-7-6-11-4-3-5-12(15)10-11/h3-5,8-10,17H,6-7,15H2,1-2H3. The molecular formula is C14H19N3S. The minimum atomic E-state index is -0.0749. The van der Waals surface area contributed by atoms with E-state index in [1.807, 2.05) is 29.8 Å². The molecule has 1 aromatic heterocycles. The average molecular weight is 261 g/mol. The lowest BCUT2D eigenvalue weighted by Crippen LogP contribution is -2.37. The smallest absolute Gasteiger partial charge is 0.112 e. The van der Waals surface area contributed by atoms with Gasteiger partial charge in [-0.3, -0.25) is 0 Å². The zero-order valence-electron chi connectivity index (χ0n) is 10.8. The van der Waals surface area contributed by atoms with Crippen molar-refractivity contribution >= 4 is 17.0 Å². The molecule has 0 fully saturated rings. The third kappa shape index (κ3) is 3.31. The van der Waals surface area contributed by atoms with Crippen LogP contribution in [0.15, 0.2) is 35.8 Å². The zero-order chi connectivity index (χ0) is 13.0. The first-order chi connectivity index (χ1) is 8.58. The molecule has 0 saturated carbocycles. The van der Waals surface area contributed by atoms with Crippen LogP contribution in [0.25, 0.3) is 0 Å². The van der Waals surface area contributed by atoms with Crippen molar-refractivity contribution in [3.8, 4) is 0 Å². The Labute approximate surface area is 112 Å². The van der Waals surface area contributed by atoms with Gasteiger partial charge in [-0.05, 0) is 38.0 Å². The number of nitrogens with zero attached hydrogens (tertiary/aromatic N) is 1. The molecule has 0 aliphatic heterocycles. The molecule has 4 heteroatoms. The predicted octanol–water partition coefficient (Wildman–Crippen LogP) is 2.79. The molecule has 18 heavy (non-hydrogen) atoms. The Balaban J connectivity index is 1.89. The van der Waals surface area contributed by atoms with E-state index in [2.05, 4.69) is 30.2 Å². The second-order valence-corrected chi connectivity index (χ2v) is 5.78. The molecule has 2 rings (SSSR count). The number of nitrogens with two attached hydrogens (primary N) is 1. The number of hydrogen-bond donors (Lipinski definition) is 2. The fourth-order valence-electron chi connectivity index (χ4n) is 1.88. The molecule has 0 amide bonds. The summed E-state index contributed by atoms with van der Waals surface area (Å²) in [6, 6.07) is 8.04. The maximum Gasteiger partial charge on any atom is 0.112 e. The number of rotatable bonds is 5. The minimum Gasteiger partial charge on any atom is -0.399 e. The summed E-state index contributed by atoms with van der Waals surface area (Å²) < 4.78 is 0. The number of thiazole rings is 1. The monoisotopic (exact) mass is 261 g/mol. The highest BCUT2D eigenvalue weighted by Gasteiger charge is 2.21. The van der Waals surface area contributed by atoms with Crippen LogP contribution < -0.4 is 11.1 Å². The Bertz CT molecular complexity index is 492. The van der Waals surface area contributed by atoms with Crippen LogP contribution in [-0.2, 0) is 12.0 Å². The van der Waals surface area contributed by atoms with Gasteiger partial charge in [-0.2, -0.15) is 0 Å². The van der Waals surface area contributed by atoms with Crippen LogP contribution in [0, 0.1) is 0 Å². The Hall–Kier alpha value is -1.39. The molecule has 0 aliphatic rings. The van der Waals surface area contributed by atoms with Gasteiger partial charge < -0.3 is 11.1 Å². The average Bonchev–Trinajstić information content (AvgIpc) is 2.83. The Kier molecular flexibility index (Phi) is 3.99. The molecule has 3 N–H and O–H groups in total. The first-order valence-electron chi connectivity index (χ1n) is 6.07. The van der Waals surface area contributed by atoms with E-state index >= 15 is 0 Å². The number of benzene rings is 1. The number of anilines is 1. The van der Waals surface area contributed by atoms with Gasteiger partial charge >= 0.3 is 0 Å². The SMILES string of the molecule is CC(C)(NCCc1cccc(N)c1)c1nccs1. The quantitative estimate of drug-likeness (QED) is 0.814. The fraction of sp³-hybridized carbons (Fsp3) is 0.357. The molecule has 96 valence electrons. The van der Waals surface area contributed by atoms with Crippen molar-refractivity contribution in [2.75, 3.05) is 12.3 Å². The van der Waals surface area contributed by atoms with E-state index in [1.54, 1.807) is 11.3 Å². The Morgan fingerprint density at radius 3 is 2.89 bits per heavy atom. The summed E-state index contributed by atoms with van der Waals surface area (Å²) in [7, 11) is 0. The van der Waals surface area contributed by atoms with Gasteiger partial charge in [0.05, 0.1) is 5.54 Å². The molecule has 0 unspecified atom stereocenters. The second kappa shape index (κ2) is 5.50. The number of nitrogen functional groups attached to an aromatic ring is 1. The van der Waals surface area contributed by atoms with Gasteiger partial charge in [0.15, 0.2) is 0 Å². The molecule has 0 atom stereocenters. The molecule has 3 nitrogen and oxygen atoms in total. The maximum atomic E-state index is 5.76. The van der Waals surface area contributed by atoms with Gasteiger partial charge in [-0.25, -0.2) is 4.98 Å². The molecule has 0 spiro atoms. The molecule has 1 aromatic carbocycles. The molecule has 1 heterocycles. The van der Waals surface area contributed by atoms with Gasteiger partial charge in [-0.15, -0.1) is 11.3 Å². The highest BCUT2D eigenvalue weighted by atomic mass is 32.1. The lowest BCUT2D eigenvalue weighted by Gasteiger charge is -2.23. The summed E-state index contributed by atoms with van der Waals surface area (Å²) in [5.41, 5.74) is 7.78. The summed E-state index contributed by atoms with van der Waals surface area (Å²) in [5, 5.41) is 6.67. The van der Waals surface area contributed by atoms with Crippen LogP contribution in [0.2, 0.25) is 0 Å². The zero-order valence-corrected chi connectivity index (χ0v) is 11.6. The van der Waals surface area contributed by atoms with Crippen molar-refractivity contribution in [3.05, 3.63) is 46.4 Å². The van der Waals surface area contributed by atoms with E-state index in [0.717, 1.165) is 23.7 Å². The van der Waals surface area contributed by atoms with Crippen LogP contribution in [0.1, 0.15) is 24.4 Å². The summed E-state index contributed by atoms with van der Waals surface area (Å²) in [4.78, 5) is 4.36. The highest BCUT2D eigenvalue weighted by molar-refractivity contribution is 7.09. The number of aromatic nitrogens is 1. The van der Waals surface area contributed by atoms with E-state index in [-0.39, 0.29) is 5.54 Å². The summed E-state index contributed by atoms with van der Waals surface area (Å²) >= 11 is 1.68. The number of nitrogens with one attached hydrogen (secondary N) is 1. The molecule has 0 aliphatic carbocycles. The lowest BCUT2D eigenvalue weighted by atomic mass is 10.1. The minimum absolute atomic E-state index is 0.0749. The van der Waals surface area contributed by atoms with Crippen molar-refractivity contribution in [1.82, 2.24) is 10.3 Å². The van der Waals surface area contributed by atoms with E-state index in [9.17, 15) is 0 Å². The number of hydrogen-bond acceptors (Lipinski definition) is 4. The lowest BCUT2D eigenvalue weighted by molar-refractivity contribution is 0.405. The highest BCUT2D eigenvalue weighted by Crippen LogP contribution is 2.21. The Morgan fingerprint density at radius 1 is 1.39 bits per heavy atom. The Morgan fingerprint density at radius 2 is 2.22 bits per heavy atom. The molecular weight excluding hydrogens is 242 g/mol. The van der Waals surface area contributed by atoms with Crippen molar-refractivity contribution < 1.29 is 0 Å². The molecule has 0 radical (unpaired) electrons. The van der Waals surface area contributed by atoms with Gasteiger partial charge in [-0.1, -0.05) is 12.1 Å². The van der Waals surface area contributed by atoms with E-state index in [1.165, 1.54) is 5.56 Å². The summed E-state index contributed by atoms with van der Waals surface area (Å²) in [5.74, 6) is 0. The van der Waals surface area contributed by atoms with E-state index in [4.69, 9.17) is 5.73 Å². The van der Waals surface area contributed by atoms with Gasteiger partial charge in [0.2, 0.25) is 0 Å². The summed E-state index contributed by atoms with van der Waals surface area (Å²) in [6.45, 7) is 5.23. The first-order valence-corrected chi connectivity index (χ1v) is 6.95. The van der Waals surface area contributed by atoms with Crippen molar-refractivity contribution in [2.24, 2.45) is 0 Å². The second-order valence-electron chi connectivity index (χ2n) is 4.88. The molecule has 0 bridgehead atoms. The predicted molar refractivity (Wildman–Crippen MR) is 77.7 cm³/mol. The van der Waals surface area contributed by atoms with E-state index < -0.39 is 0 Å². The summed E-state index contributed by atoms with van der Waals surface area (Å²) in [6.07, 6.45) is 2.82.